The summed E-state index contributed by atoms with van der Waals surface area (Å²) in [7, 11) is 0. The van der Waals surface area contributed by atoms with Gasteiger partial charge in [0.15, 0.2) is 5.11 Å². The fourth-order valence-electron chi connectivity index (χ4n) is 4.13. The number of para-hydroxylation sites is 1. The molecule has 0 aliphatic carbocycles. The number of aromatic nitrogens is 2. The number of anilines is 1. The van der Waals surface area contributed by atoms with Crippen molar-refractivity contribution in [2.24, 2.45) is 0 Å². The van der Waals surface area contributed by atoms with Crippen molar-refractivity contribution in [3.63, 3.8) is 0 Å². The lowest BCUT2D eigenvalue weighted by Gasteiger charge is -2.30. The average molecular weight is 420 g/mol. The molecule has 6 heteroatoms. The molecule has 3 aromatic rings. The van der Waals surface area contributed by atoms with Crippen LogP contribution in [-0.2, 0) is 0 Å². The highest BCUT2D eigenvalue weighted by molar-refractivity contribution is 7.80. The third-order valence-electron chi connectivity index (χ3n) is 5.55. The number of rotatable bonds is 8. The van der Waals surface area contributed by atoms with Crippen LogP contribution < -0.4 is 10.6 Å². The van der Waals surface area contributed by atoms with Crippen molar-refractivity contribution in [3.05, 3.63) is 84.4 Å². The van der Waals surface area contributed by atoms with Crippen molar-refractivity contribution in [3.8, 4) is 0 Å². The van der Waals surface area contributed by atoms with Crippen LogP contribution in [0.1, 0.15) is 49.8 Å². The maximum atomic E-state index is 5.78. The van der Waals surface area contributed by atoms with Gasteiger partial charge in [-0.15, -0.1) is 0 Å². The van der Waals surface area contributed by atoms with E-state index in [2.05, 4.69) is 87.6 Å². The molecule has 0 saturated carbocycles. The zero-order valence-corrected chi connectivity index (χ0v) is 18.3. The maximum absolute atomic E-state index is 5.78. The number of hydrogen-bond donors (Lipinski definition) is 2. The smallest absolute Gasteiger partial charge is 0.170 e. The molecule has 0 radical (unpaired) electrons. The highest BCUT2D eigenvalue weighted by Gasteiger charge is 2.40. The zero-order valence-electron chi connectivity index (χ0n) is 17.5. The number of nitrogens with zero attached hydrogens (tertiary/aromatic N) is 3. The third-order valence-corrected chi connectivity index (χ3v) is 5.90. The summed E-state index contributed by atoms with van der Waals surface area (Å²) in [5.74, 6) is 0. The van der Waals surface area contributed by atoms with Gasteiger partial charge in [0.2, 0.25) is 0 Å². The lowest BCUT2D eigenvalue weighted by molar-refractivity contribution is 0.298. The molecule has 1 fully saturated rings. The second kappa shape index (κ2) is 9.30. The monoisotopic (exact) mass is 419 g/mol. The Labute approximate surface area is 184 Å². The van der Waals surface area contributed by atoms with E-state index in [1.54, 1.807) is 0 Å². The quantitative estimate of drug-likeness (QED) is 0.400. The minimum atomic E-state index is 0.0354. The van der Waals surface area contributed by atoms with Gasteiger partial charge in [-0.1, -0.05) is 24.3 Å². The van der Waals surface area contributed by atoms with Crippen molar-refractivity contribution >= 4 is 23.0 Å². The standard InChI is InChI=1S/C24H29N5S/c1-18(2)28-16-8-13-21(28)23-22(20-12-6-7-14-26-20)27-24(30)29(23)17-9-15-25-19-10-4-3-5-11-19/h3-8,10-14,16,18,22-23,25H,9,15,17H2,1-2H3,(H,27,30)/t22-,23+/m1/s1. The largest absolute Gasteiger partial charge is 0.385 e. The van der Waals surface area contributed by atoms with Crippen LogP contribution in [-0.4, -0.2) is 32.7 Å². The van der Waals surface area contributed by atoms with E-state index in [4.69, 9.17) is 12.2 Å². The van der Waals surface area contributed by atoms with Crippen molar-refractivity contribution in [2.75, 3.05) is 18.4 Å². The number of benzene rings is 1. The molecule has 4 rings (SSSR count). The van der Waals surface area contributed by atoms with Crippen molar-refractivity contribution in [1.29, 1.82) is 0 Å². The summed E-state index contributed by atoms with van der Waals surface area (Å²) < 4.78 is 2.34. The molecule has 0 unspecified atom stereocenters. The molecule has 2 atom stereocenters. The molecular weight excluding hydrogens is 390 g/mol. The van der Waals surface area contributed by atoms with E-state index >= 15 is 0 Å². The van der Waals surface area contributed by atoms with Crippen LogP contribution in [0.15, 0.2) is 73.1 Å². The van der Waals surface area contributed by atoms with E-state index < -0.39 is 0 Å². The van der Waals surface area contributed by atoms with E-state index in [9.17, 15) is 0 Å². The van der Waals surface area contributed by atoms with Crippen LogP contribution in [0.25, 0.3) is 0 Å². The molecule has 0 amide bonds. The summed E-state index contributed by atoms with van der Waals surface area (Å²) in [5, 5.41) is 7.84. The van der Waals surface area contributed by atoms with Crippen molar-refractivity contribution in [1.82, 2.24) is 19.8 Å². The first-order chi connectivity index (χ1) is 14.6. The lowest BCUT2D eigenvalue weighted by Crippen LogP contribution is -2.32. The van der Waals surface area contributed by atoms with Crippen molar-refractivity contribution in [2.45, 2.75) is 38.4 Å². The number of pyridine rings is 1. The first-order valence-corrected chi connectivity index (χ1v) is 11.0. The Kier molecular flexibility index (Phi) is 6.33. The van der Waals surface area contributed by atoms with Crippen LogP contribution in [0.3, 0.4) is 0 Å². The SMILES string of the molecule is CC(C)n1cccc1[C@H]1[C@@H](c2ccccn2)NC(=S)N1CCCNc1ccccc1. The first-order valence-electron chi connectivity index (χ1n) is 10.6. The first kappa shape index (κ1) is 20.4. The topological polar surface area (TPSA) is 45.1 Å². The number of thiocarbonyl (C=S) groups is 1. The van der Waals surface area contributed by atoms with E-state index in [-0.39, 0.29) is 12.1 Å². The van der Waals surface area contributed by atoms with Crippen LogP contribution in [0.2, 0.25) is 0 Å². The molecule has 156 valence electrons. The normalized spacial score (nSPS) is 18.6. The summed E-state index contributed by atoms with van der Waals surface area (Å²) in [6.07, 6.45) is 5.00. The molecular formula is C24H29N5S. The van der Waals surface area contributed by atoms with Gasteiger partial charge in [-0.05, 0) is 68.9 Å². The molecule has 5 nitrogen and oxygen atoms in total. The van der Waals surface area contributed by atoms with Gasteiger partial charge < -0.3 is 20.1 Å². The van der Waals surface area contributed by atoms with E-state index in [1.807, 2.05) is 24.4 Å². The Balaban J connectivity index is 1.54. The van der Waals surface area contributed by atoms with Gasteiger partial charge in [-0.3, -0.25) is 4.98 Å². The summed E-state index contributed by atoms with van der Waals surface area (Å²) in [5.41, 5.74) is 3.44. The third kappa shape index (κ3) is 4.33. The highest BCUT2D eigenvalue weighted by Crippen LogP contribution is 2.39. The fourth-order valence-corrected chi connectivity index (χ4v) is 4.47. The van der Waals surface area contributed by atoms with E-state index in [0.717, 1.165) is 36.0 Å². The number of nitrogens with one attached hydrogen (secondary N) is 2. The Bertz CT molecular complexity index is 954. The summed E-state index contributed by atoms with van der Waals surface area (Å²) in [6, 6.07) is 21.3. The molecule has 2 aromatic heterocycles. The van der Waals surface area contributed by atoms with Crippen LogP contribution in [0.4, 0.5) is 5.69 Å². The molecule has 0 bridgehead atoms. The second-order valence-electron chi connectivity index (χ2n) is 7.90. The van der Waals surface area contributed by atoms with E-state index in [0.29, 0.717) is 6.04 Å². The maximum Gasteiger partial charge on any atom is 0.170 e. The second-order valence-corrected chi connectivity index (χ2v) is 8.29. The van der Waals surface area contributed by atoms with Gasteiger partial charge in [0.25, 0.3) is 0 Å². The predicted octanol–water partition coefficient (Wildman–Crippen LogP) is 4.94. The lowest BCUT2D eigenvalue weighted by atomic mass is 10.0. The molecule has 1 aliphatic rings. The van der Waals surface area contributed by atoms with Crippen molar-refractivity contribution < 1.29 is 0 Å². The Morgan fingerprint density at radius 1 is 1.07 bits per heavy atom. The van der Waals surface area contributed by atoms with Gasteiger partial charge in [-0.25, -0.2) is 0 Å². The molecule has 1 saturated heterocycles. The van der Waals surface area contributed by atoms with Crippen LogP contribution in [0, 0.1) is 0 Å². The predicted molar refractivity (Wildman–Crippen MR) is 127 cm³/mol. The van der Waals surface area contributed by atoms with Gasteiger partial charge in [0.05, 0.1) is 17.8 Å². The van der Waals surface area contributed by atoms with Crippen LogP contribution >= 0.6 is 12.2 Å². The van der Waals surface area contributed by atoms with E-state index in [1.165, 1.54) is 5.69 Å². The average Bonchev–Trinajstić information content (AvgIpc) is 3.37. The highest BCUT2D eigenvalue weighted by atomic mass is 32.1. The summed E-state index contributed by atoms with van der Waals surface area (Å²) in [4.78, 5) is 6.96. The Hall–Kier alpha value is -2.86. The van der Waals surface area contributed by atoms with Gasteiger partial charge >= 0.3 is 0 Å². The fraction of sp³-hybridized carbons (Fsp3) is 0.333. The van der Waals surface area contributed by atoms with Gasteiger partial charge in [0, 0.05) is 42.9 Å². The molecule has 1 aliphatic heterocycles. The Morgan fingerprint density at radius 2 is 1.87 bits per heavy atom. The summed E-state index contributed by atoms with van der Waals surface area (Å²) in [6.45, 7) is 6.21. The van der Waals surface area contributed by atoms with Crippen LogP contribution in [0.5, 0.6) is 0 Å². The summed E-state index contributed by atoms with van der Waals surface area (Å²) >= 11 is 5.78. The minimum Gasteiger partial charge on any atom is -0.385 e. The minimum absolute atomic E-state index is 0.0354. The number of hydrogen-bond acceptors (Lipinski definition) is 3. The molecule has 1 aromatic carbocycles. The molecule has 30 heavy (non-hydrogen) atoms. The molecule has 3 heterocycles. The van der Waals surface area contributed by atoms with Gasteiger partial charge in [0.1, 0.15) is 0 Å². The van der Waals surface area contributed by atoms with Gasteiger partial charge in [-0.2, -0.15) is 0 Å². The Morgan fingerprint density at radius 3 is 2.60 bits per heavy atom. The molecule has 0 spiro atoms. The molecule has 2 N–H and O–H groups in total. The zero-order chi connectivity index (χ0) is 20.9.